The van der Waals surface area contributed by atoms with Gasteiger partial charge in [-0.25, -0.2) is 0 Å². The SMILES string of the molecule is NCCNCC1O[C@@H](O[C@H]2C(O)C(O[C@@H]3OC(CN)CCC3N)[C@@H](N)C[C@H]2NC(=O)[C@@H](O)CCN)C(O)[C@@H](N)[C@H]1O. The molecule has 0 aromatic heterocycles. The maximum absolute atomic E-state index is 12.7. The summed E-state index contributed by atoms with van der Waals surface area (Å²) in [6, 6.07) is -3.39. The third-order valence-electron chi connectivity index (χ3n) is 7.86. The van der Waals surface area contributed by atoms with E-state index >= 15 is 0 Å². The van der Waals surface area contributed by atoms with E-state index in [0.29, 0.717) is 25.9 Å². The first-order valence-corrected chi connectivity index (χ1v) is 14.2. The molecule has 3 fully saturated rings. The van der Waals surface area contributed by atoms with Crippen LogP contribution in [0, 0.1) is 0 Å². The van der Waals surface area contributed by atoms with E-state index in [1.807, 2.05) is 0 Å². The van der Waals surface area contributed by atoms with Crippen LogP contribution < -0.4 is 45.0 Å². The van der Waals surface area contributed by atoms with Gasteiger partial charge in [-0.1, -0.05) is 0 Å². The second kappa shape index (κ2) is 16.1. The highest BCUT2D eigenvalue weighted by Crippen LogP contribution is 2.31. The zero-order valence-electron chi connectivity index (χ0n) is 23.2. The summed E-state index contributed by atoms with van der Waals surface area (Å²) in [7, 11) is 0. The monoisotopic (exact) mass is 594 g/mol. The number of ether oxygens (including phenoxy) is 4. The molecule has 1 amide bonds. The third-order valence-corrected chi connectivity index (χ3v) is 7.86. The Labute approximate surface area is 239 Å². The number of carbonyl (C=O) groups is 1. The number of aliphatic hydroxyl groups excluding tert-OH is 4. The highest BCUT2D eigenvalue weighted by molar-refractivity contribution is 5.80. The van der Waals surface area contributed by atoms with E-state index in [1.54, 1.807) is 0 Å². The van der Waals surface area contributed by atoms with E-state index in [1.165, 1.54) is 0 Å². The molecule has 14 atom stereocenters. The van der Waals surface area contributed by atoms with Gasteiger partial charge in [0.1, 0.15) is 36.6 Å². The molecule has 0 aromatic rings. The van der Waals surface area contributed by atoms with Crippen LogP contribution in [0.15, 0.2) is 0 Å². The fraction of sp³-hybridized carbons (Fsp3) is 0.958. The van der Waals surface area contributed by atoms with E-state index in [-0.39, 0.29) is 38.6 Å². The molecule has 240 valence electrons. The number of aliphatic hydroxyl groups is 4. The first-order chi connectivity index (χ1) is 19.5. The van der Waals surface area contributed by atoms with Crippen LogP contribution in [0.25, 0.3) is 0 Å². The number of hydrogen-bond acceptors (Lipinski definition) is 16. The Morgan fingerprint density at radius 1 is 0.902 bits per heavy atom. The van der Waals surface area contributed by atoms with Crippen molar-refractivity contribution in [2.75, 3.05) is 32.7 Å². The first-order valence-electron chi connectivity index (χ1n) is 14.2. The van der Waals surface area contributed by atoms with Crippen LogP contribution in [-0.2, 0) is 23.7 Å². The van der Waals surface area contributed by atoms with Gasteiger partial charge < -0.3 is 84.4 Å². The molecular formula is C24H50N8O9. The second-order valence-electron chi connectivity index (χ2n) is 11.0. The minimum Gasteiger partial charge on any atom is -0.389 e. The Bertz CT molecular complexity index is 806. The lowest BCUT2D eigenvalue weighted by Crippen LogP contribution is -2.69. The highest BCUT2D eigenvalue weighted by atomic mass is 16.7. The fourth-order valence-corrected chi connectivity index (χ4v) is 5.39. The molecule has 0 bridgehead atoms. The lowest BCUT2D eigenvalue weighted by atomic mass is 9.83. The van der Waals surface area contributed by atoms with Gasteiger partial charge in [0, 0.05) is 32.2 Å². The molecule has 17 heteroatoms. The van der Waals surface area contributed by atoms with Crippen LogP contribution in [0.5, 0.6) is 0 Å². The molecule has 17 nitrogen and oxygen atoms in total. The van der Waals surface area contributed by atoms with Crippen molar-refractivity contribution in [2.45, 2.75) is 111 Å². The van der Waals surface area contributed by atoms with Crippen LogP contribution in [0.1, 0.15) is 25.7 Å². The molecule has 0 radical (unpaired) electrons. The Kier molecular flexibility index (Phi) is 13.5. The summed E-state index contributed by atoms with van der Waals surface area (Å²) in [4.78, 5) is 12.7. The third kappa shape index (κ3) is 8.71. The molecule has 18 N–H and O–H groups in total. The predicted octanol–water partition coefficient (Wildman–Crippen LogP) is -6.84. The van der Waals surface area contributed by atoms with Crippen molar-refractivity contribution in [1.82, 2.24) is 10.6 Å². The van der Waals surface area contributed by atoms with Gasteiger partial charge in [0.05, 0.1) is 30.3 Å². The molecule has 0 spiro atoms. The summed E-state index contributed by atoms with van der Waals surface area (Å²) in [5.41, 5.74) is 35.4. The predicted molar refractivity (Wildman–Crippen MR) is 145 cm³/mol. The lowest BCUT2D eigenvalue weighted by Gasteiger charge is -2.48. The maximum atomic E-state index is 12.7. The van der Waals surface area contributed by atoms with E-state index in [2.05, 4.69) is 10.6 Å². The summed E-state index contributed by atoms with van der Waals surface area (Å²) in [5.74, 6) is -0.739. The summed E-state index contributed by atoms with van der Waals surface area (Å²) in [6.45, 7) is 1.30. The summed E-state index contributed by atoms with van der Waals surface area (Å²) >= 11 is 0. The number of amides is 1. The number of nitrogens with one attached hydrogen (secondary N) is 2. The standard InChI is InChI=1S/C24H50N8O9/c25-4-3-14(33)22(37)32-13-7-12(29)20(40-23-11(28)2-1-10(8-27)38-23)19(36)21(13)41-24-18(35)16(30)17(34)15(39-24)9-31-6-5-26/h10-21,23-24,31,33-36H,1-9,25-30H2,(H,32,37)/t10?,11?,12-,13+,14-,15?,16-,17-,18?,19?,20?,21+,23-,24-/m0/s1. The molecule has 41 heavy (non-hydrogen) atoms. The number of hydrogen-bond donors (Lipinski definition) is 12. The van der Waals surface area contributed by atoms with Crippen molar-refractivity contribution in [1.29, 1.82) is 0 Å². The van der Waals surface area contributed by atoms with Crippen LogP contribution in [-0.4, -0.2) is 145 Å². The quantitative estimate of drug-likeness (QED) is 0.0881. The van der Waals surface area contributed by atoms with E-state index in [9.17, 15) is 25.2 Å². The molecule has 6 unspecified atom stereocenters. The number of rotatable bonds is 13. The zero-order chi connectivity index (χ0) is 30.3. The number of nitrogens with two attached hydrogens (primary N) is 6. The van der Waals surface area contributed by atoms with Crippen molar-refractivity contribution in [3.8, 4) is 0 Å². The van der Waals surface area contributed by atoms with Gasteiger partial charge in [0.25, 0.3) is 0 Å². The Balaban J connectivity index is 1.82. The van der Waals surface area contributed by atoms with Gasteiger partial charge >= 0.3 is 0 Å². The highest BCUT2D eigenvalue weighted by Gasteiger charge is 2.51. The van der Waals surface area contributed by atoms with Crippen LogP contribution in [0.4, 0.5) is 0 Å². The molecule has 2 heterocycles. The maximum Gasteiger partial charge on any atom is 0.249 e. The second-order valence-corrected chi connectivity index (χ2v) is 11.0. The Morgan fingerprint density at radius 3 is 2.27 bits per heavy atom. The molecular weight excluding hydrogens is 544 g/mol. The fourth-order valence-electron chi connectivity index (χ4n) is 5.39. The smallest absolute Gasteiger partial charge is 0.249 e. The normalized spacial score (nSPS) is 42.5. The zero-order valence-corrected chi connectivity index (χ0v) is 23.2. The molecule has 1 saturated carbocycles. The van der Waals surface area contributed by atoms with Crippen LogP contribution >= 0.6 is 0 Å². The molecule has 1 aliphatic carbocycles. The Morgan fingerprint density at radius 2 is 1.61 bits per heavy atom. The van der Waals surface area contributed by atoms with Gasteiger partial charge in [-0.3, -0.25) is 4.79 Å². The summed E-state index contributed by atoms with van der Waals surface area (Å²) in [5, 5.41) is 48.7. The summed E-state index contributed by atoms with van der Waals surface area (Å²) < 4.78 is 23.9. The van der Waals surface area contributed by atoms with Crippen molar-refractivity contribution in [3.63, 3.8) is 0 Å². The van der Waals surface area contributed by atoms with Crippen LogP contribution in [0.2, 0.25) is 0 Å². The van der Waals surface area contributed by atoms with Crippen molar-refractivity contribution < 1.29 is 44.2 Å². The van der Waals surface area contributed by atoms with Gasteiger partial charge in [0.2, 0.25) is 5.91 Å². The van der Waals surface area contributed by atoms with Crippen molar-refractivity contribution in [3.05, 3.63) is 0 Å². The van der Waals surface area contributed by atoms with Gasteiger partial charge in [-0.15, -0.1) is 0 Å². The average molecular weight is 595 g/mol. The van der Waals surface area contributed by atoms with E-state index < -0.39 is 85.4 Å². The van der Waals surface area contributed by atoms with Gasteiger partial charge in [0.15, 0.2) is 12.6 Å². The van der Waals surface area contributed by atoms with Crippen LogP contribution in [0.3, 0.4) is 0 Å². The average Bonchev–Trinajstić information content (AvgIpc) is 2.94. The summed E-state index contributed by atoms with van der Waals surface area (Å²) in [6.07, 6.45) is -10.0. The minimum atomic E-state index is -1.49. The molecule has 2 aliphatic heterocycles. The molecule has 3 rings (SSSR count). The molecule has 0 aromatic carbocycles. The van der Waals surface area contributed by atoms with E-state index in [0.717, 1.165) is 0 Å². The molecule has 3 aliphatic rings. The lowest BCUT2D eigenvalue weighted by molar-refractivity contribution is -0.310. The first kappa shape index (κ1) is 34.4. The number of carbonyl (C=O) groups excluding carboxylic acids is 1. The Hall–Kier alpha value is -1.13. The molecule has 2 saturated heterocycles. The van der Waals surface area contributed by atoms with Gasteiger partial charge in [-0.2, -0.15) is 0 Å². The van der Waals surface area contributed by atoms with Crippen molar-refractivity contribution >= 4 is 5.91 Å². The van der Waals surface area contributed by atoms with Crippen molar-refractivity contribution in [2.24, 2.45) is 34.4 Å². The largest absolute Gasteiger partial charge is 0.389 e. The minimum absolute atomic E-state index is 0.0122. The topological polar surface area (TPSA) is 315 Å². The van der Waals surface area contributed by atoms with E-state index in [4.69, 9.17) is 53.3 Å². The van der Waals surface area contributed by atoms with Gasteiger partial charge in [-0.05, 0) is 32.2 Å².